The fourth-order valence-electron chi connectivity index (χ4n) is 4.63. The SMILES string of the molecule is CCOC(=O)C1(CCOC(=O)c2ccc(OC)cc2)CC(C)(C)N(C)C(C)(C)C1. The highest BCUT2D eigenvalue weighted by atomic mass is 16.5. The molecule has 29 heavy (non-hydrogen) atoms. The molecule has 0 spiro atoms. The molecule has 0 amide bonds. The first-order valence-electron chi connectivity index (χ1n) is 10.2. The summed E-state index contributed by atoms with van der Waals surface area (Å²) in [4.78, 5) is 27.7. The maximum atomic E-state index is 13.0. The van der Waals surface area contributed by atoms with Crippen molar-refractivity contribution in [3.63, 3.8) is 0 Å². The van der Waals surface area contributed by atoms with Crippen LogP contribution in [0.15, 0.2) is 24.3 Å². The zero-order valence-corrected chi connectivity index (χ0v) is 18.8. The third-order valence-electron chi connectivity index (χ3n) is 6.21. The van der Waals surface area contributed by atoms with E-state index in [0.717, 1.165) is 0 Å². The van der Waals surface area contributed by atoms with Gasteiger partial charge in [0.15, 0.2) is 0 Å². The van der Waals surface area contributed by atoms with E-state index in [2.05, 4.69) is 39.6 Å². The number of carbonyl (C=O) groups is 2. The van der Waals surface area contributed by atoms with Crippen LogP contribution in [0.1, 0.15) is 64.2 Å². The van der Waals surface area contributed by atoms with Gasteiger partial charge in [0.05, 0.1) is 31.3 Å². The highest BCUT2D eigenvalue weighted by Crippen LogP contribution is 2.50. The van der Waals surface area contributed by atoms with E-state index in [1.165, 1.54) is 0 Å². The molecule has 0 N–H and O–H groups in total. The molecule has 1 fully saturated rings. The Morgan fingerprint density at radius 2 is 1.55 bits per heavy atom. The second-order valence-corrected chi connectivity index (χ2v) is 9.15. The Morgan fingerprint density at radius 1 is 1.00 bits per heavy atom. The molecule has 1 heterocycles. The van der Waals surface area contributed by atoms with Crippen LogP contribution >= 0.6 is 0 Å². The average molecular weight is 406 g/mol. The summed E-state index contributed by atoms with van der Waals surface area (Å²) in [5, 5.41) is 0. The summed E-state index contributed by atoms with van der Waals surface area (Å²) in [7, 11) is 3.67. The van der Waals surface area contributed by atoms with Crippen LogP contribution < -0.4 is 4.74 Å². The molecule has 0 bridgehead atoms. The molecule has 0 aliphatic carbocycles. The molecule has 0 radical (unpaired) electrons. The number of piperidine rings is 1. The molecule has 162 valence electrons. The highest BCUT2D eigenvalue weighted by Gasteiger charge is 2.55. The van der Waals surface area contributed by atoms with Gasteiger partial charge in [-0.2, -0.15) is 0 Å². The topological polar surface area (TPSA) is 65.1 Å². The second-order valence-electron chi connectivity index (χ2n) is 9.15. The Morgan fingerprint density at radius 3 is 2.03 bits per heavy atom. The van der Waals surface area contributed by atoms with Crippen LogP contribution in [0.2, 0.25) is 0 Å². The monoisotopic (exact) mass is 405 g/mol. The van der Waals surface area contributed by atoms with Crippen molar-refractivity contribution in [3.8, 4) is 5.75 Å². The summed E-state index contributed by atoms with van der Waals surface area (Å²) in [6.07, 6.45) is 1.74. The molecule has 0 atom stereocenters. The standard InChI is InChI=1S/C23H35NO5/c1-8-28-20(26)23(15-21(2,3)24(6)22(4,5)16-23)13-14-29-19(25)17-9-11-18(27-7)12-10-17/h9-12H,8,13-16H2,1-7H3. The van der Waals surface area contributed by atoms with Gasteiger partial charge in [0.2, 0.25) is 0 Å². The van der Waals surface area contributed by atoms with Gasteiger partial charge in [0.1, 0.15) is 5.75 Å². The predicted octanol–water partition coefficient (Wildman–Crippen LogP) is 4.07. The van der Waals surface area contributed by atoms with Gasteiger partial charge in [-0.1, -0.05) is 0 Å². The molecule has 0 saturated carbocycles. The first kappa shape index (κ1) is 23.2. The molecule has 6 nitrogen and oxygen atoms in total. The zero-order chi connectivity index (χ0) is 21.9. The predicted molar refractivity (Wildman–Crippen MR) is 112 cm³/mol. The molecule has 1 aromatic rings. The number of benzene rings is 1. The summed E-state index contributed by atoms with van der Waals surface area (Å²) in [6, 6.07) is 6.78. The lowest BCUT2D eigenvalue weighted by molar-refractivity contribution is -0.171. The van der Waals surface area contributed by atoms with Gasteiger partial charge in [-0.15, -0.1) is 0 Å². The molecule has 1 aliphatic heterocycles. The van der Waals surface area contributed by atoms with Crippen molar-refractivity contribution < 1.29 is 23.8 Å². The quantitative estimate of drug-likeness (QED) is 0.637. The van der Waals surface area contributed by atoms with E-state index in [-0.39, 0.29) is 23.7 Å². The van der Waals surface area contributed by atoms with Gasteiger partial charge in [-0.05, 0) is 85.2 Å². The van der Waals surface area contributed by atoms with Crippen molar-refractivity contribution in [1.82, 2.24) is 4.90 Å². The van der Waals surface area contributed by atoms with Gasteiger partial charge in [0, 0.05) is 11.1 Å². The van der Waals surface area contributed by atoms with E-state index in [4.69, 9.17) is 14.2 Å². The van der Waals surface area contributed by atoms with E-state index in [1.807, 2.05) is 6.92 Å². The van der Waals surface area contributed by atoms with Crippen molar-refractivity contribution in [1.29, 1.82) is 0 Å². The normalized spacial score (nSPS) is 20.0. The molecule has 1 aromatic carbocycles. The summed E-state index contributed by atoms with van der Waals surface area (Å²) >= 11 is 0. The van der Waals surface area contributed by atoms with Crippen molar-refractivity contribution >= 4 is 11.9 Å². The number of nitrogens with zero attached hydrogens (tertiary/aromatic N) is 1. The van der Waals surface area contributed by atoms with Crippen LogP contribution in [0.3, 0.4) is 0 Å². The molecule has 6 heteroatoms. The zero-order valence-electron chi connectivity index (χ0n) is 18.8. The summed E-state index contributed by atoms with van der Waals surface area (Å²) in [5.41, 5.74) is -0.598. The van der Waals surface area contributed by atoms with Crippen LogP contribution in [-0.4, -0.2) is 55.3 Å². The number of rotatable bonds is 7. The van der Waals surface area contributed by atoms with Crippen molar-refractivity contribution in [2.75, 3.05) is 27.4 Å². The summed E-state index contributed by atoms with van der Waals surface area (Å²) in [6.45, 7) is 10.9. The van der Waals surface area contributed by atoms with Crippen LogP contribution in [0.25, 0.3) is 0 Å². The first-order chi connectivity index (χ1) is 13.5. The van der Waals surface area contributed by atoms with Crippen molar-refractivity contribution in [2.24, 2.45) is 5.41 Å². The number of esters is 2. The van der Waals surface area contributed by atoms with Gasteiger partial charge in [0.25, 0.3) is 0 Å². The van der Waals surface area contributed by atoms with E-state index >= 15 is 0 Å². The highest BCUT2D eigenvalue weighted by molar-refractivity contribution is 5.89. The minimum Gasteiger partial charge on any atom is -0.497 e. The largest absolute Gasteiger partial charge is 0.497 e. The molecular weight excluding hydrogens is 370 g/mol. The van der Waals surface area contributed by atoms with E-state index in [9.17, 15) is 9.59 Å². The summed E-state index contributed by atoms with van der Waals surface area (Å²) in [5.74, 6) is 0.0754. The molecule has 1 aliphatic rings. The third-order valence-corrected chi connectivity index (χ3v) is 6.21. The van der Waals surface area contributed by atoms with Crippen LogP contribution in [0, 0.1) is 5.41 Å². The number of ether oxygens (including phenoxy) is 3. The van der Waals surface area contributed by atoms with Crippen LogP contribution in [0.5, 0.6) is 5.75 Å². The van der Waals surface area contributed by atoms with Crippen molar-refractivity contribution in [2.45, 2.75) is 65.0 Å². The molecule has 1 saturated heterocycles. The van der Waals surface area contributed by atoms with Gasteiger partial charge < -0.3 is 14.2 Å². The lowest BCUT2D eigenvalue weighted by atomic mass is 9.63. The molecule has 0 unspecified atom stereocenters. The average Bonchev–Trinajstić information content (AvgIpc) is 2.65. The van der Waals surface area contributed by atoms with Crippen LogP contribution in [0.4, 0.5) is 0 Å². The van der Waals surface area contributed by atoms with E-state index in [0.29, 0.717) is 37.2 Å². The van der Waals surface area contributed by atoms with Gasteiger partial charge >= 0.3 is 11.9 Å². The molecule has 0 aromatic heterocycles. The van der Waals surface area contributed by atoms with E-state index in [1.54, 1.807) is 31.4 Å². The number of carbonyl (C=O) groups excluding carboxylic acids is 2. The second kappa shape index (κ2) is 8.74. The summed E-state index contributed by atoms with van der Waals surface area (Å²) < 4.78 is 16.1. The number of hydrogen-bond acceptors (Lipinski definition) is 6. The Labute approximate surface area is 174 Å². The number of hydrogen-bond donors (Lipinski definition) is 0. The lowest BCUT2D eigenvalue weighted by Gasteiger charge is -2.57. The smallest absolute Gasteiger partial charge is 0.338 e. The molecular formula is C23H35NO5. The fraction of sp³-hybridized carbons (Fsp3) is 0.652. The maximum Gasteiger partial charge on any atom is 0.338 e. The Hall–Kier alpha value is -2.08. The third kappa shape index (κ3) is 5.10. The minimum absolute atomic E-state index is 0.166. The Kier molecular flexibility index (Phi) is 6.99. The van der Waals surface area contributed by atoms with Gasteiger partial charge in [-0.25, -0.2) is 4.79 Å². The lowest BCUT2D eigenvalue weighted by Crippen LogP contribution is -2.63. The van der Waals surface area contributed by atoms with Crippen molar-refractivity contribution in [3.05, 3.63) is 29.8 Å². The fourth-order valence-corrected chi connectivity index (χ4v) is 4.63. The Balaban J connectivity index is 2.14. The number of methoxy groups -OCH3 is 1. The van der Waals surface area contributed by atoms with Gasteiger partial charge in [-0.3, -0.25) is 9.69 Å². The van der Waals surface area contributed by atoms with E-state index < -0.39 is 11.4 Å². The maximum absolute atomic E-state index is 13.0. The number of likely N-dealkylation sites (tertiary alicyclic amines) is 1. The molecule has 2 rings (SSSR count). The van der Waals surface area contributed by atoms with Crippen LogP contribution in [-0.2, 0) is 14.3 Å². The first-order valence-corrected chi connectivity index (χ1v) is 10.2. The minimum atomic E-state index is -0.685. The Bertz CT molecular complexity index is 705.